The maximum Gasteiger partial charge on any atom is 0.266 e. The van der Waals surface area contributed by atoms with E-state index in [9.17, 15) is 10.1 Å². The molecular weight excluding hydrogens is 360 g/mol. The van der Waals surface area contributed by atoms with Crippen molar-refractivity contribution in [1.29, 1.82) is 5.26 Å². The number of nitrogens with zero attached hydrogens (tertiary/aromatic N) is 3. The Morgan fingerprint density at radius 3 is 2.45 bits per heavy atom. The highest BCUT2D eigenvalue weighted by molar-refractivity contribution is 6.10. The van der Waals surface area contributed by atoms with Crippen molar-refractivity contribution in [3.8, 4) is 6.07 Å². The molecule has 5 heteroatoms. The molecule has 5 nitrogen and oxygen atoms in total. The van der Waals surface area contributed by atoms with Crippen LogP contribution < -0.4 is 5.32 Å². The summed E-state index contributed by atoms with van der Waals surface area (Å²) in [5, 5.41) is 17.0. The van der Waals surface area contributed by atoms with Crippen LogP contribution in [0.3, 0.4) is 0 Å². The molecule has 0 aliphatic rings. The van der Waals surface area contributed by atoms with Gasteiger partial charge in [0.25, 0.3) is 5.91 Å². The molecule has 0 spiro atoms. The number of aromatic nitrogens is 2. The normalized spacial score (nSPS) is 11.2. The Hall–Kier alpha value is -3.65. The van der Waals surface area contributed by atoms with Gasteiger partial charge in [0.15, 0.2) is 0 Å². The van der Waals surface area contributed by atoms with E-state index in [0.29, 0.717) is 12.2 Å². The monoisotopic (exact) mass is 384 g/mol. The quantitative estimate of drug-likeness (QED) is 0.511. The highest BCUT2D eigenvalue weighted by Gasteiger charge is 2.15. The molecular formula is C24H24N4O. The third kappa shape index (κ3) is 4.61. The number of carbonyl (C=O) groups is 1. The van der Waals surface area contributed by atoms with E-state index in [2.05, 4.69) is 41.6 Å². The summed E-state index contributed by atoms with van der Waals surface area (Å²) in [7, 11) is 0. The molecule has 29 heavy (non-hydrogen) atoms. The van der Waals surface area contributed by atoms with Crippen LogP contribution in [0, 0.1) is 39.0 Å². The SMILES string of the molecule is Cc1ccc(Cn2nc(C)c(/C=C(\C#N)C(=O)Nc3ccccc3C)c2C)cc1. The average Bonchev–Trinajstić information content (AvgIpc) is 2.96. The number of rotatable bonds is 5. The van der Waals surface area contributed by atoms with Crippen molar-refractivity contribution in [3.63, 3.8) is 0 Å². The molecule has 0 fully saturated rings. The second-order valence-corrected chi connectivity index (χ2v) is 7.17. The Bertz CT molecular complexity index is 1110. The van der Waals surface area contributed by atoms with Crippen LogP contribution in [0.15, 0.2) is 54.1 Å². The summed E-state index contributed by atoms with van der Waals surface area (Å²) >= 11 is 0. The van der Waals surface area contributed by atoms with E-state index >= 15 is 0 Å². The predicted molar refractivity (Wildman–Crippen MR) is 115 cm³/mol. The minimum absolute atomic E-state index is 0.0503. The molecule has 0 aliphatic carbocycles. The van der Waals surface area contributed by atoms with Crippen LogP contribution >= 0.6 is 0 Å². The number of hydrogen-bond donors (Lipinski definition) is 1. The maximum atomic E-state index is 12.6. The van der Waals surface area contributed by atoms with Gasteiger partial charge in [-0.25, -0.2) is 0 Å². The van der Waals surface area contributed by atoms with Crippen molar-refractivity contribution in [2.75, 3.05) is 5.32 Å². The smallest absolute Gasteiger partial charge is 0.266 e. The molecule has 146 valence electrons. The number of benzene rings is 2. The molecule has 0 bridgehead atoms. The van der Waals surface area contributed by atoms with Crippen LogP contribution in [0.1, 0.15) is 33.6 Å². The van der Waals surface area contributed by atoms with E-state index < -0.39 is 5.91 Å². The van der Waals surface area contributed by atoms with Gasteiger partial charge < -0.3 is 5.32 Å². The van der Waals surface area contributed by atoms with Gasteiger partial charge in [-0.3, -0.25) is 9.48 Å². The zero-order valence-corrected chi connectivity index (χ0v) is 17.2. The topological polar surface area (TPSA) is 70.7 Å². The van der Waals surface area contributed by atoms with Crippen LogP contribution in [-0.4, -0.2) is 15.7 Å². The number of anilines is 1. The summed E-state index contributed by atoms with van der Waals surface area (Å²) < 4.78 is 1.90. The van der Waals surface area contributed by atoms with Crippen molar-refractivity contribution >= 4 is 17.7 Å². The van der Waals surface area contributed by atoms with Crippen LogP contribution in [0.2, 0.25) is 0 Å². The molecule has 0 saturated heterocycles. The fraction of sp³-hybridized carbons (Fsp3) is 0.208. The van der Waals surface area contributed by atoms with E-state index in [-0.39, 0.29) is 5.57 Å². The number of nitrogens with one attached hydrogen (secondary N) is 1. The zero-order valence-electron chi connectivity index (χ0n) is 17.2. The van der Waals surface area contributed by atoms with Crippen LogP contribution in [0.5, 0.6) is 0 Å². The standard InChI is InChI=1S/C24H24N4O/c1-16-9-11-20(12-10-16)15-28-19(4)22(18(3)27-28)13-21(14-25)24(29)26-23-8-6-5-7-17(23)2/h5-13H,15H2,1-4H3,(H,26,29)/b21-13+. The fourth-order valence-corrected chi connectivity index (χ4v) is 3.14. The first-order valence-corrected chi connectivity index (χ1v) is 9.47. The van der Waals surface area contributed by atoms with Gasteiger partial charge in [-0.05, 0) is 51.0 Å². The lowest BCUT2D eigenvalue weighted by molar-refractivity contribution is -0.112. The lowest BCUT2D eigenvalue weighted by atomic mass is 10.1. The number of aryl methyl sites for hydroxylation is 3. The van der Waals surface area contributed by atoms with Crippen molar-refractivity contribution in [1.82, 2.24) is 9.78 Å². The molecule has 3 aromatic rings. The van der Waals surface area contributed by atoms with Gasteiger partial charge in [-0.2, -0.15) is 10.4 Å². The number of hydrogen-bond acceptors (Lipinski definition) is 3. The molecule has 0 aliphatic heterocycles. The highest BCUT2D eigenvalue weighted by Crippen LogP contribution is 2.20. The minimum atomic E-state index is -0.424. The van der Waals surface area contributed by atoms with E-state index in [4.69, 9.17) is 0 Å². The van der Waals surface area contributed by atoms with Crippen molar-refractivity contribution in [2.45, 2.75) is 34.2 Å². The Kier molecular flexibility index (Phi) is 5.94. The molecule has 0 saturated carbocycles. The first kappa shape index (κ1) is 20.1. The van der Waals surface area contributed by atoms with E-state index in [1.54, 1.807) is 6.08 Å². The number of nitriles is 1. The molecule has 0 radical (unpaired) electrons. The van der Waals surface area contributed by atoms with Crippen LogP contribution in [0.4, 0.5) is 5.69 Å². The minimum Gasteiger partial charge on any atom is -0.321 e. The number of carbonyl (C=O) groups excluding carboxylic acids is 1. The summed E-state index contributed by atoms with van der Waals surface area (Å²) in [6.45, 7) is 8.45. The Labute approximate surface area is 171 Å². The zero-order chi connectivity index (χ0) is 21.0. The summed E-state index contributed by atoms with van der Waals surface area (Å²) in [4.78, 5) is 12.6. The van der Waals surface area contributed by atoms with Gasteiger partial charge in [-0.1, -0.05) is 48.0 Å². The number of amides is 1. The predicted octanol–water partition coefficient (Wildman–Crippen LogP) is 4.71. The van der Waals surface area contributed by atoms with Gasteiger partial charge >= 0.3 is 0 Å². The molecule has 1 N–H and O–H groups in total. The van der Waals surface area contributed by atoms with Crippen LogP contribution in [0.25, 0.3) is 6.08 Å². The van der Waals surface area contributed by atoms with Gasteiger partial charge in [-0.15, -0.1) is 0 Å². The molecule has 2 aromatic carbocycles. The van der Waals surface area contributed by atoms with E-state index in [1.807, 2.05) is 55.8 Å². The van der Waals surface area contributed by atoms with Gasteiger partial charge in [0.05, 0.1) is 12.2 Å². The Balaban J connectivity index is 1.86. The lowest BCUT2D eigenvalue weighted by Crippen LogP contribution is -2.14. The third-order valence-corrected chi connectivity index (χ3v) is 4.94. The van der Waals surface area contributed by atoms with Crippen molar-refractivity contribution in [2.24, 2.45) is 0 Å². The largest absolute Gasteiger partial charge is 0.321 e. The maximum absolute atomic E-state index is 12.6. The second-order valence-electron chi connectivity index (χ2n) is 7.17. The highest BCUT2D eigenvalue weighted by atomic mass is 16.1. The molecule has 3 rings (SSSR count). The lowest BCUT2D eigenvalue weighted by Gasteiger charge is -2.07. The summed E-state index contributed by atoms with van der Waals surface area (Å²) in [6, 6.07) is 17.8. The first-order valence-electron chi connectivity index (χ1n) is 9.47. The summed E-state index contributed by atoms with van der Waals surface area (Å²) in [6.07, 6.45) is 1.62. The van der Waals surface area contributed by atoms with Crippen LogP contribution in [-0.2, 0) is 11.3 Å². The first-order chi connectivity index (χ1) is 13.9. The fourth-order valence-electron chi connectivity index (χ4n) is 3.14. The summed E-state index contributed by atoms with van der Waals surface area (Å²) in [5.41, 5.74) is 6.55. The van der Waals surface area contributed by atoms with E-state index in [0.717, 1.165) is 28.1 Å². The molecule has 0 unspecified atom stereocenters. The average molecular weight is 384 g/mol. The molecule has 1 aromatic heterocycles. The Morgan fingerprint density at radius 2 is 1.79 bits per heavy atom. The van der Waals surface area contributed by atoms with Gasteiger partial charge in [0.1, 0.15) is 11.6 Å². The molecule has 1 amide bonds. The summed E-state index contributed by atoms with van der Waals surface area (Å²) in [5.74, 6) is -0.424. The van der Waals surface area contributed by atoms with Crippen molar-refractivity contribution < 1.29 is 4.79 Å². The van der Waals surface area contributed by atoms with E-state index in [1.165, 1.54) is 5.56 Å². The third-order valence-electron chi connectivity index (χ3n) is 4.94. The molecule has 0 atom stereocenters. The number of para-hydroxylation sites is 1. The van der Waals surface area contributed by atoms with Gasteiger partial charge in [0.2, 0.25) is 0 Å². The van der Waals surface area contributed by atoms with Crippen molar-refractivity contribution in [3.05, 3.63) is 87.7 Å². The van der Waals surface area contributed by atoms with Gasteiger partial charge in [0, 0.05) is 16.9 Å². The molecule has 1 heterocycles. The Morgan fingerprint density at radius 1 is 1.10 bits per heavy atom. The second kappa shape index (κ2) is 8.57.